The van der Waals surface area contributed by atoms with Crippen molar-refractivity contribution in [2.45, 2.75) is 43.5 Å². The number of carbonyl (C=O) groups is 5. The SMILES string of the molecule is O=C(NCCN1CCC2(CC1)C(=O)NCN2Cc1cccnc1)c1ccnc2ccccc12.O=C(O)C(F)(F)F.O=C(O)C(F)(F)F.O=C(O)C(F)(F)F. The number of nitrogens with zero attached hydrogens (tertiary/aromatic N) is 4. The third-order valence-corrected chi connectivity index (χ3v) is 7.57. The minimum Gasteiger partial charge on any atom is -0.475 e. The highest BCUT2D eigenvalue weighted by molar-refractivity contribution is 6.05. The zero-order valence-electron chi connectivity index (χ0n) is 27.5. The van der Waals surface area contributed by atoms with Crippen LogP contribution < -0.4 is 10.6 Å². The molecule has 1 aromatic carbocycles. The van der Waals surface area contributed by atoms with Crippen molar-refractivity contribution in [1.82, 2.24) is 30.4 Å². The van der Waals surface area contributed by atoms with Gasteiger partial charge >= 0.3 is 36.4 Å². The third kappa shape index (κ3) is 13.4. The highest BCUT2D eigenvalue weighted by atomic mass is 19.4. The summed E-state index contributed by atoms with van der Waals surface area (Å²) in [7, 11) is 0. The smallest absolute Gasteiger partial charge is 0.475 e. The van der Waals surface area contributed by atoms with Crippen LogP contribution in [-0.4, -0.2) is 122 Å². The number of amides is 2. The normalized spacial score (nSPS) is 15.7. The minimum absolute atomic E-state index is 0.0834. The predicted octanol–water partition coefficient (Wildman–Crippen LogP) is 3.68. The van der Waals surface area contributed by atoms with E-state index in [4.69, 9.17) is 29.7 Å². The van der Waals surface area contributed by atoms with Crippen LogP contribution in [-0.2, 0) is 25.7 Å². The Labute approximate surface area is 298 Å². The number of carboxylic acid groups (broad SMARTS) is 3. The van der Waals surface area contributed by atoms with Crippen LogP contribution in [0.1, 0.15) is 28.8 Å². The Morgan fingerprint density at radius 2 is 1.33 bits per heavy atom. The van der Waals surface area contributed by atoms with Crippen LogP contribution in [0, 0.1) is 0 Å². The van der Waals surface area contributed by atoms with Crippen molar-refractivity contribution < 1.29 is 78.8 Å². The van der Waals surface area contributed by atoms with Crippen molar-refractivity contribution in [3.05, 3.63) is 72.2 Å². The van der Waals surface area contributed by atoms with Crippen LogP contribution in [0.25, 0.3) is 10.9 Å². The number of carbonyl (C=O) groups excluding carboxylic acids is 2. The number of para-hydroxylation sites is 1. The predicted molar refractivity (Wildman–Crippen MR) is 166 cm³/mol. The Morgan fingerprint density at radius 3 is 1.83 bits per heavy atom. The molecule has 2 aromatic heterocycles. The third-order valence-electron chi connectivity index (χ3n) is 7.57. The molecule has 5 N–H and O–H groups in total. The summed E-state index contributed by atoms with van der Waals surface area (Å²) in [6.07, 6.45) is -8.39. The van der Waals surface area contributed by atoms with Gasteiger partial charge in [-0.05, 0) is 36.6 Å². The molecule has 0 radical (unpaired) electrons. The molecule has 296 valence electrons. The van der Waals surface area contributed by atoms with Crippen LogP contribution in [0.5, 0.6) is 0 Å². The van der Waals surface area contributed by atoms with Crippen molar-refractivity contribution in [1.29, 1.82) is 0 Å². The number of alkyl halides is 9. The maximum absolute atomic E-state index is 12.8. The van der Waals surface area contributed by atoms with E-state index >= 15 is 0 Å². The number of hydrogen-bond acceptors (Lipinski definition) is 9. The first-order chi connectivity index (χ1) is 25.0. The Kier molecular flexibility index (Phi) is 15.6. The Balaban J connectivity index is 0.000000393. The topological polar surface area (TPSA) is 202 Å². The van der Waals surface area contributed by atoms with Crippen molar-refractivity contribution in [2.75, 3.05) is 32.8 Å². The van der Waals surface area contributed by atoms with E-state index in [1.54, 1.807) is 18.5 Å². The fraction of sp³-hybridized carbons (Fsp3) is 0.387. The maximum atomic E-state index is 12.8. The lowest BCUT2D eigenvalue weighted by Gasteiger charge is -2.42. The highest BCUT2D eigenvalue weighted by Gasteiger charge is 2.50. The average Bonchev–Trinajstić information content (AvgIpc) is 3.38. The van der Waals surface area contributed by atoms with Crippen molar-refractivity contribution in [3.63, 3.8) is 0 Å². The molecule has 54 heavy (non-hydrogen) atoms. The lowest BCUT2D eigenvalue weighted by atomic mass is 9.86. The summed E-state index contributed by atoms with van der Waals surface area (Å²) >= 11 is 0. The summed E-state index contributed by atoms with van der Waals surface area (Å²) < 4.78 is 95.2. The van der Waals surface area contributed by atoms with Gasteiger partial charge in [0.15, 0.2) is 0 Å². The molecule has 14 nitrogen and oxygen atoms in total. The van der Waals surface area contributed by atoms with Crippen LogP contribution >= 0.6 is 0 Å². The molecule has 23 heteroatoms. The molecule has 2 saturated heterocycles. The van der Waals surface area contributed by atoms with Gasteiger partial charge in [-0.2, -0.15) is 39.5 Å². The Hall–Kier alpha value is -5.58. The number of piperidine rings is 1. The van der Waals surface area contributed by atoms with Crippen LogP contribution in [0.3, 0.4) is 0 Å². The Bertz CT molecular complexity index is 1690. The molecule has 5 rings (SSSR count). The Morgan fingerprint density at radius 1 is 0.796 bits per heavy atom. The first kappa shape index (κ1) is 44.6. The molecule has 1 spiro atoms. The molecule has 2 aliphatic rings. The molecule has 3 aromatic rings. The van der Waals surface area contributed by atoms with E-state index in [1.807, 2.05) is 42.6 Å². The fourth-order valence-corrected chi connectivity index (χ4v) is 4.95. The van der Waals surface area contributed by atoms with Gasteiger partial charge in [0.2, 0.25) is 5.91 Å². The van der Waals surface area contributed by atoms with E-state index < -0.39 is 42.0 Å². The fourth-order valence-electron chi connectivity index (χ4n) is 4.95. The summed E-state index contributed by atoms with van der Waals surface area (Å²) in [4.78, 5) is 65.3. The molecule has 2 amide bonds. The number of hydrogen-bond donors (Lipinski definition) is 5. The van der Waals surface area contributed by atoms with Gasteiger partial charge in [-0.25, -0.2) is 14.4 Å². The first-order valence-electron chi connectivity index (χ1n) is 15.2. The van der Waals surface area contributed by atoms with Crippen LogP contribution in [0.4, 0.5) is 39.5 Å². The molecule has 0 saturated carbocycles. The standard InChI is InChI=1S/C25H28N6O2.3C2HF3O2/c32-23(21-7-11-27-22-6-2-1-5-20(21)22)28-12-15-30-13-8-25(9-14-30)24(33)29-18-31(25)17-19-4-3-10-26-16-19;3*3-2(4,5)1(6)7/h1-7,10-11,16H,8-9,12-15,17-18H2,(H,28,32)(H,29,33);3*(H,6,7). The number of fused-ring (bicyclic) bond motifs is 1. The van der Waals surface area contributed by atoms with Gasteiger partial charge in [-0.1, -0.05) is 24.3 Å². The van der Waals surface area contributed by atoms with E-state index in [0.29, 0.717) is 25.3 Å². The molecule has 4 heterocycles. The quantitative estimate of drug-likeness (QED) is 0.227. The van der Waals surface area contributed by atoms with Crippen molar-refractivity contribution >= 4 is 40.6 Å². The second-order valence-electron chi connectivity index (χ2n) is 11.1. The van der Waals surface area contributed by atoms with Gasteiger partial charge in [0, 0.05) is 56.7 Å². The maximum Gasteiger partial charge on any atom is 0.490 e. The van der Waals surface area contributed by atoms with Crippen LogP contribution in [0.15, 0.2) is 61.1 Å². The number of carboxylic acids is 3. The largest absolute Gasteiger partial charge is 0.490 e. The summed E-state index contributed by atoms with van der Waals surface area (Å²) in [6, 6.07) is 13.4. The average molecular weight is 787 g/mol. The van der Waals surface area contributed by atoms with E-state index in [-0.39, 0.29) is 11.8 Å². The number of benzene rings is 1. The van der Waals surface area contributed by atoms with Gasteiger partial charge in [0.25, 0.3) is 5.91 Å². The number of pyridine rings is 2. The molecule has 0 aliphatic carbocycles. The summed E-state index contributed by atoms with van der Waals surface area (Å²) in [5.74, 6) is -8.23. The summed E-state index contributed by atoms with van der Waals surface area (Å²) in [5, 5.41) is 28.3. The molecular weight excluding hydrogens is 755 g/mol. The molecule has 0 atom stereocenters. The van der Waals surface area contributed by atoms with Gasteiger partial charge in [0.05, 0.1) is 17.7 Å². The van der Waals surface area contributed by atoms with Gasteiger partial charge in [-0.15, -0.1) is 0 Å². The van der Waals surface area contributed by atoms with Crippen molar-refractivity contribution in [2.24, 2.45) is 0 Å². The van der Waals surface area contributed by atoms with E-state index in [1.165, 1.54) is 0 Å². The monoisotopic (exact) mass is 786 g/mol. The first-order valence-corrected chi connectivity index (χ1v) is 15.2. The zero-order valence-corrected chi connectivity index (χ0v) is 27.5. The number of nitrogens with one attached hydrogen (secondary N) is 2. The molecule has 2 fully saturated rings. The lowest BCUT2D eigenvalue weighted by molar-refractivity contribution is -0.193. The number of rotatable bonds is 6. The number of aliphatic carboxylic acids is 3. The summed E-state index contributed by atoms with van der Waals surface area (Å²) in [5.41, 5.74) is 2.12. The summed E-state index contributed by atoms with van der Waals surface area (Å²) in [6.45, 7) is 4.26. The van der Waals surface area contributed by atoms with Gasteiger partial charge < -0.3 is 30.9 Å². The van der Waals surface area contributed by atoms with Gasteiger partial charge in [-0.3, -0.25) is 24.5 Å². The number of likely N-dealkylation sites (tertiary alicyclic amines) is 1. The van der Waals surface area contributed by atoms with Crippen LogP contribution in [0.2, 0.25) is 0 Å². The van der Waals surface area contributed by atoms with E-state index in [2.05, 4.69) is 30.4 Å². The highest BCUT2D eigenvalue weighted by Crippen LogP contribution is 2.33. The van der Waals surface area contributed by atoms with E-state index in [9.17, 15) is 49.1 Å². The molecule has 2 aliphatic heterocycles. The second kappa shape index (κ2) is 19.0. The minimum atomic E-state index is -5.08. The molecule has 0 unspecified atom stereocenters. The van der Waals surface area contributed by atoms with Gasteiger partial charge in [0.1, 0.15) is 5.54 Å². The molecule has 0 bridgehead atoms. The molecular formula is C31H31F9N6O8. The lowest BCUT2D eigenvalue weighted by Crippen LogP contribution is -2.56. The zero-order chi connectivity index (χ0) is 40.9. The number of aromatic nitrogens is 2. The van der Waals surface area contributed by atoms with Crippen molar-refractivity contribution in [3.8, 4) is 0 Å². The van der Waals surface area contributed by atoms with E-state index in [0.717, 1.165) is 48.9 Å². The number of halogens is 9. The second-order valence-corrected chi connectivity index (χ2v) is 11.1.